The van der Waals surface area contributed by atoms with E-state index in [1.807, 2.05) is 12.3 Å². The maximum absolute atomic E-state index is 13.6. The summed E-state index contributed by atoms with van der Waals surface area (Å²) in [5, 5.41) is 0.908. The molecule has 5 aromatic rings. The van der Waals surface area contributed by atoms with Gasteiger partial charge in [0.05, 0.1) is 16.6 Å². The first-order valence-corrected chi connectivity index (χ1v) is 16.0. The first kappa shape index (κ1) is 26.6. The Morgan fingerprint density at radius 1 is 0.953 bits per heavy atom. The van der Waals surface area contributed by atoms with Crippen molar-refractivity contribution in [3.8, 4) is 0 Å². The molecule has 2 aromatic carbocycles. The summed E-state index contributed by atoms with van der Waals surface area (Å²) in [4.78, 5) is 30.9. The predicted octanol–water partition coefficient (Wildman–Crippen LogP) is 6.65. The molecule has 43 heavy (non-hydrogen) atoms. The van der Waals surface area contributed by atoms with Crippen molar-refractivity contribution in [2.45, 2.75) is 75.4 Å². The van der Waals surface area contributed by atoms with Gasteiger partial charge in [0.1, 0.15) is 5.82 Å². The molecule has 3 saturated heterocycles. The zero-order valence-electron chi connectivity index (χ0n) is 25.0. The number of nitrogens with one attached hydrogen (secondary N) is 1. The molecular formula is C36H40N6O. The first-order valence-electron chi connectivity index (χ1n) is 16.0. The normalized spacial score (nSPS) is 23.7. The highest BCUT2D eigenvalue weighted by molar-refractivity contribution is 6.06. The number of piperidine rings is 2. The predicted molar refractivity (Wildman–Crippen MR) is 170 cm³/mol. The Morgan fingerprint density at radius 2 is 1.70 bits per heavy atom. The Bertz CT molecular complexity index is 1750. The second kappa shape index (κ2) is 10.6. The molecule has 0 saturated carbocycles. The van der Waals surface area contributed by atoms with Crippen LogP contribution in [0.25, 0.3) is 21.9 Å². The Kier molecular flexibility index (Phi) is 6.59. The van der Waals surface area contributed by atoms with E-state index in [9.17, 15) is 4.79 Å². The molecule has 1 N–H and O–H groups in total. The van der Waals surface area contributed by atoms with Crippen LogP contribution in [0.2, 0.25) is 0 Å². The molecule has 2 unspecified atom stereocenters. The second-order valence-electron chi connectivity index (χ2n) is 13.1. The third kappa shape index (κ3) is 4.56. The molecule has 2 bridgehead atoms. The monoisotopic (exact) mass is 572 g/mol. The summed E-state index contributed by atoms with van der Waals surface area (Å²) in [5.41, 5.74) is 5.62. The molecule has 0 spiro atoms. The van der Waals surface area contributed by atoms with Crippen molar-refractivity contribution < 1.29 is 4.79 Å². The lowest BCUT2D eigenvalue weighted by atomic mass is 9.70. The molecule has 3 fully saturated rings. The number of carbonyl (C=O) groups excluding carboxylic acids is 1. The van der Waals surface area contributed by atoms with E-state index in [4.69, 9.17) is 4.98 Å². The average molecular weight is 573 g/mol. The quantitative estimate of drug-likeness (QED) is 0.247. The van der Waals surface area contributed by atoms with E-state index in [0.717, 1.165) is 66.7 Å². The number of nitrogens with zero attached hydrogens (tertiary/aromatic N) is 5. The number of rotatable bonds is 6. The standard InChI is InChI=1S/C36H40N6O/c1-25-39-33-9-5-6-10-34(33)42(25)29-21-27-11-12-28(22-29)41(27)20-16-36(26-7-3-2-4-8-26)14-18-40(19-15-36)35(43)31-24-38-32-13-17-37-23-30(31)32/h2-10,13,17,23-24,27-29,38H,11-12,14-16,18-22H2,1H3. The number of imidazole rings is 1. The molecule has 3 aliphatic rings. The van der Waals surface area contributed by atoms with Gasteiger partial charge in [-0.25, -0.2) is 4.98 Å². The van der Waals surface area contributed by atoms with Gasteiger partial charge in [-0.3, -0.25) is 14.7 Å². The molecule has 220 valence electrons. The third-order valence-electron chi connectivity index (χ3n) is 11.0. The average Bonchev–Trinajstić information content (AvgIpc) is 3.70. The van der Waals surface area contributed by atoms with Gasteiger partial charge in [0, 0.05) is 60.7 Å². The van der Waals surface area contributed by atoms with Crippen LogP contribution in [0, 0.1) is 6.92 Å². The number of hydrogen-bond acceptors (Lipinski definition) is 4. The summed E-state index contributed by atoms with van der Waals surface area (Å²) in [6, 6.07) is 23.4. The smallest absolute Gasteiger partial charge is 0.256 e. The third-order valence-corrected chi connectivity index (χ3v) is 11.0. The summed E-state index contributed by atoms with van der Waals surface area (Å²) in [5.74, 6) is 1.26. The summed E-state index contributed by atoms with van der Waals surface area (Å²) < 4.78 is 2.53. The van der Waals surface area contributed by atoms with E-state index in [1.54, 1.807) is 12.4 Å². The summed E-state index contributed by atoms with van der Waals surface area (Å²) in [6.45, 7) is 4.86. The first-order chi connectivity index (χ1) is 21.1. The largest absolute Gasteiger partial charge is 0.360 e. The highest BCUT2D eigenvalue weighted by Crippen LogP contribution is 2.45. The van der Waals surface area contributed by atoms with Gasteiger partial charge in [0.2, 0.25) is 0 Å². The number of likely N-dealkylation sites (tertiary alicyclic amines) is 1. The minimum absolute atomic E-state index is 0.0905. The highest BCUT2D eigenvalue weighted by Gasteiger charge is 2.44. The van der Waals surface area contributed by atoms with Gasteiger partial charge in [0.15, 0.2) is 0 Å². The van der Waals surface area contributed by atoms with Gasteiger partial charge in [-0.1, -0.05) is 42.5 Å². The van der Waals surface area contributed by atoms with Crippen molar-refractivity contribution in [2.24, 2.45) is 0 Å². The summed E-state index contributed by atoms with van der Waals surface area (Å²) in [7, 11) is 0. The lowest BCUT2D eigenvalue weighted by Gasteiger charge is -2.45. The van der Waals surface area contributed by atoms with Crippen LogP contribution in [0.4, 0.5) is 0 Å². The minimum Gasteiger partial charge on any atom is -0.360 e. The number of aromatic amines is 1. The molecule has 3 aromatic heterocycles. The van der Waals surface area contributed by atoms with Crippen LogP contribution in [0.1, 0.15) is 72.7 Å². The van der Waals surface area contributed by atoms with Crippen molar-refractivity contribution in [1.82, 2.24) is 29.3 Å². The van der Waals surface area contributed by atoms with Gasteiger partial charge >= 0.3 is 0 Å². The number of amides is 1. The number of para-hydroxylation sites is 2. The molecular weight excluding hydrogens is 532 g/mol. The summed E-state index contributed by atoms with van der Waals surface area (Å²) >= 11 is 0. The number of benzene rings is 2. The SMILES string of the molecule is Cc1nc2ccccc2n1C1CC2CCC(C1)N2CCC1(c2ccccc2)CCN(C(=O)c2c[nH]c3ccncc23)CC1. The maximum atomic E-state index is 13.6. The van der Waals surface area contributed by atoms with Crippen molar-refractivity contribution in [3.63, 3.8) is 0 Å². The van der Waals surface area contributed by atoms with Crippen molar-refractivity contribution in [1.29, 1.82) is 0 Å². The van der Waals surface area contributed by atoms with Gasteiger partial charge < -0.3 is 14.5 Å². The minimum atomic E-state index is 0.0905. The molecule has 6 heterocycles. The Labute approximate surface area is 252 Å². The lowest BCUT2D eigenvalue weighted by molar-refractivity contribution is 0.0608. The highest BCUT2D eigenvalue weighted by atomic mass is 16.2. The fourth-order valence-corrected chi connectivity index (χ4v) is 8.71. The van der Waals surface area contributed by atoms with Crippen LogP contribution in [0.5, 0.6) is 0 Å². The Morgan fingerprint density at radius 3 is 2.49 bits per heavy atom. The van der Waals surface area contributed by atoms with E-state index >= 15 is 0 Å². The number of aryl methyl sites for hydroxylation is 1. The van der Waals surface area contributed by atoms with E-state index in [2.05, 4.69) is 85.9 Å². The molecule has 0 aliphatic carbocycles. The van der Waals surface area contributed by atoms with Crippen molar-refractivity contribution in [2.75, 3.05) is 19.6 Å². The number of fused-ring (bicyclic) bond motifs is 4. The molecule has 7 heteroatoms. The fraction of sp³-hybridized carbons (Fsp3) is 0.417. The van der Waals surface area contributed by atoms with Gasteiger partial charge in [-0.2, -0.15) is 0 Å². The van der Waals surface area contributed by atoms with E-state index < -0.39 is 0 Å². The second-order valence-corrected chi connectivity index (χ2v) is 13.1. The Balaban J connectivity index is 0.987. The molecule has 2 atom stereocenters. The molecule has 1 amide bonds. The molecule has 3 aliphatic heterocycles. The van der Waals surface area contributed by atoms with E-state index in [1.165, 1.54) is 36.8 Å². The van der Waals surface area contributed by atoms with Crippen LogP contribution in [-0.4, -0.2) is 66.9 Å². The van der Waals surface area contributed by atoms with Crippen LogP contribution in [0.3, 0.4) is 0 Å². The van der Waals surface area contributed by atoms with E-state index in [-0.39, 0.29) is 11.3 Å². The zero-order chi connectivity index (χ0) is 29.0. The van der Waals surface area contributed by atoms with E-state index in [0.29, 0.717) is 18.1 Å². The summed E-state index contributed by atoms with van der Waals surface area (Å²) in [6.07, 6.45) is 13.5. The lowest BCUT2D eigenvalue weighted by Crippen LogP contribution is -2.49. The van der Waals surface area contributed by atoms with Crippen LogP contribution in [-0.2, 0) is 5.41 Å². The Hall–Kier alpha value is -3.97. The topological polar surface area (TPSA) is 70.1 Å². The fourth-order valence-electron chi connectivity index (χ4n) is 8.71. The maximum Gasteiger partial charge on any atom is 0.256 e. The van der Waals surface area contributed by atoms with Gasteiger partial charge in [-0.05, 0) is 87.6 Å². The number of H-pyrrole nitrogens is 1. The molecule has 8 rings (SSSR count). The van der Waals surface area contributed by atoms with Crippen molar-refractivity contribution >= 4 is 27.8 Å². The zero-order valence-corrected chi connectivity index (χ0v) is 25.0. The van der Waals surface area contributed by atoms with Crippen LogP contribution in [0.15, 0.2) is 79.3 Å². The number of pyridine rings is 1. The molecule has 0 radical (unpaired) electrons. The number of hydrogen-bond donors (Lipinski definition) is 1. The van der Waals surface area contributed by atoms with Crippen LogP contribution >= 0.6 is 0 Å². The molecule has 7 nitrogen and oxygen atoms in total. The number of aromatic nitrogens is 4. The van der Waals surface area contributed by atoms with Crippen molar-refractivity contribution in [3.05, 3.63) is 96.2 Å². The van der Waals surface area contributed by atoms with Gasteiger partial charge in [-0.15, -0.1) is 0 Å². The van der Waals surface area contributed by atoms with Crippen LogP contribution < -0.4 is 0 Å². The number of carbonyl (C=O) groups is 1. The van der Waals surface area contributed by atoms with Gasteiger partial charge in [0.25, 0.3) is 5.91 Å².